The van der Waals surface area contributed by atoms with Crippen LogP contribution in [0.25, 0.3) is 0 Å². The van der Waals surface area contributed by atoms with E-state index in [-0.39, 0.29) is 11.7 Å². The Bertz CT molecular complexity index is 367. The normalized spacial score (nSPS) is 14.1. The number of carboxylic acids is 1. The largest absolute Gasteiger partial charge is 0.480 e. The van der Waals surface area contributed by atoms with Gasteiger partial charge in [-0.05, 0) is 27.7 Å². The predicted molar refractivity (Wildman–Crippen MR) is 76.8 cm³/mol. The Morgan fingerprint density at radius 2 is 1.85 bits per heavy atom. The van der Waals surface area contributed by atoms with Gasteiger partial charge in [0.25, 0.3) is 0 Å². The lowest BCUT2D eigenvalue weighted by Gasteiger charge is -2.22. The molecule has 2 amide bonds. The maximum Gasteiger partial charge on any atom is 0.408 e. The Balaban J connectivity index is 4.42. The summed E-state index contributed by atoms with van der Waals surface area (Å²) in [4.78, 5) is 33.9. The summed E-state index contributed by atoms with van der Waals surface area (Å²) in [6, 6.07) is -1.11. The predicted octanol–water partition coefficient (Wildman–Crippen LogP) is 0.832. The average molecular weight is 306 g/mol. The lowest BCUT2D eigenvalue weighted by atomic mass is 10.2. The van der Waals surface area contributed by atoms with Gasteiger partial charge in [0.05, 0.1) is 5.25 Å². The molecule has 0 heterocycles. The highest BCUT2D eigenvalue weighted by Gasteiger charge is 2.25. The Hall–Kier alpha value is -1.44. The number of carbonyl (C=O) groups is 3. The zero-order valence-corrected chi connectivity index (χ0v) is 13.2. The van der Waals surface area contributed by atoms with Crippen molar-refractivity contribution >= 4 is 29.7 Å². The van der Waals surface area contributed by atoms with Crippen molar-refractivity contribution in [2.24, 2.45) is 0 Å². The van der Waals surface area contributed by atoms with Gasteiger partial charge in [-0.25, -0.2) is 9.59 Å². The minimum atomic E-state index is -1.17. The van der Waals surface area contributed by atoms with Gasteiger partial charge in [-0.2, -0.15) is 0 Å². The average Bonchev–Trinajstić information content (AvgIpc) is 2.30. The molecule has 0 aromatic rings. The number of aliphatic carboxylic acids is 1. The highest BCUT2D eigenvalue weighted by Crippen LogP contribution is 2.13. The highest BCUT2D eigenvalue weighted by atomic mass is 32.2. The van der Waals surface area contributed by atoms with E-state index in [9.17, 15) is 14.4 Å². The van der Waals surface area contributed by atoms with Gasteiger partial charge in [0.2, 0.25) is 5.91 Å². The second kappa shape index (κ2) is 7.98. The molecule has 0 aliphatic rings. The van der Waals surface area contributed by atoms with Crippen LogP contribution < -0.4 is 10.6 Å². The van der Waals surface area contributed by atoms with Gasteiger partial charge in [-0.3, -0.25) is 4.79 Å². The van der Waals surface area contributed by atoms with Crippen LogP contribution >= 0.6 is 11.8 Å². The molecule has 2 unspecified atom stereocenters. The first-order valence-corrected chi connectivity index (χ1v) is 7.17. The minimum absolute atomic E-state index is 0.0726. The smallest absolute Gasteiger partial charge is 0.408 e. The second-order valence-corrected chi connectivity index (χ2v) is 6.50. The summed E-state index contributed by atoms with van der Waals surface area (Å²) in [5.74, 6) is -1.30. The molecule has 20 heavy (non-hydrogen) atoms. The maximum absolute atomic E-state index is 11.5. The van der Waals surface area contributed by atoms with E-state index in [0.29, 0.717) is 0 Å². The lowest BCUT2D eigenvalue weighted by Crippen LogP contribution is -2.45. The summed E-state index contributed by atoms with van der Waals surface area (Å²) < 4.78 is 4.99. The Morgan fingerprint density at radius 3 is 2.25 bits per heavy atom. The molecule has 0 saturated carbocycles. The van der Waals surface area contributed by atoms with Crippen LogP contribution in [-0.2, 0) is 14.3 Å². The van der Waals surface area contributed by atoms with Crippen molar-refractivity contribution in [1.82, 2.24) is 10.6 Å². The summed E-state index contributed by atoms with van der Waals surface area (Å²) in [7, 11) is 1.51. The molecule has 116 valence electrons. The van der Waals surface area contributed by atoms with E-state index in [0.717, 1.165) is 11.8 Å². The van der Waals surface area contributed by atoms with Crippen molar-refractivity contribution in [3.05, 3.63) is 0 Å². The third-order valence-electron chi connectivity index (χ3n) is 2.12. The summed E-state index contributed by atoms with van der Waals surface area (Å²) in [6.07, 6.45) is -0.793. The molecular formula is C12H22N2O5S. The van der Waals surface area contributed by atoms with Gasteiger partial charge in [-0.1, -0.05) is 0 Å². The third kappa shape index (κ3) is 7.88. The number of alkyl carbamates (subject to hydrolysis) is 1. The molecule has 8 heteroatoms. The van der Waals surface area contributed by atoms with E-state index in [4.69, 9.17) is 9.84 Å². The molecule has 0 fully saturated rings. The van der Waals surface area contributed by atoms with Crippen LogP contribution in [0.1, 0.15) is 27.7 Å². The van der Waals surface area contributed by atoms with Gasteiger partial charge in [0, 0.05) is 12.8 Å². The first kappa shape index (κ1) is 18.6. The fourth-order valence-corrected chi connectivity index (χ4v) is 2.12. The molecule has 2 atom stereocenters. The summed E-state index contributed by atoms with van der Waals surface area (Å²) in [5.41, 5.74) is -0.699. The molecule has 7 nitrogen and oxygen atoms in total. The van der Waals surface area contributed by atoms with E-state index in [1.54, 1.807) is 27.7 Å². The van der Waals surface area contributed by atoms with Crippen molar-refractivity contribution in [1.29, 1.82) is 0 Å². The zero-order chi connectivity index (χ0) is 15.9. The zero-order valence-electron chi connectivity index (χ0n) is 12.4. The molecule has 0 aromatic carbocycles. The quantitative estimate of drug-likeness (QED) is 0.671. The standard InChI is InChI=1S/C12H22N2O5S/c1-7(9(15)13-5)20-6-8(10(16)17)14-11(18)19-12(2,3)4/h7-8H,6H2,1-5H3,(H,13,15)(H,14,18)(H,16,17). The highest BCUT2D eigenvalue weighted by molar-refractivity contribution is 8.00. The van der Waals surface area contributed by atoms with Crippen LogP contribution in [0, 0.1) is 0 Å². The number of amides is 2. The Labute approximate surface area is 122 Å². The van der Waals surface area contributed by atoms with Crippen LogP contribution in [0.2, 0.25) is 0 Å². The van der Waals surface area contributed by atoms with Crippen LogP contribution in [0.5, 0.6) is 0 Å². The fraction of sp³-hybridized carbons (Fsp3) is 0.750. The van der Waals surface area contributed by atoms with Crippen LogP contribution in [0.15, 0.2) is 0 Å². The van der Waals surface area contributed by atoms with Gasteiger partial charge >= 0.3 is 12.1 Å². The third-order valence-corrected chi connectivity index (χ3v) is 3.36. The van der Waals surface area contributed by atoms with Crippen molar-refractivity contribution in [2.45, 2.75) is 44.6 Å². The molecule has 0 spiro atoms. The van der Waals surface area contributed by atoms with Crippen LogP contribution in [0.4, 0.5) is 4.79 Å². The van der Waals surface area contributed by atoms with Crippen molar-refractivity contribution in [3.8, 4) is 0 Å². The fourth-order valence-electron chi connectivity index (χ4n) is 1.14. The molecule has 0 aliphatic heterocycles. The van der Waals surface area contributed by atoms with E-state index in [1.807, 2.05) is 0 Å². The number of thioether (sulfide) groups is 1. The number of hydrogen-bond acceptors (Lipinski definition) is 5. The van der Waals surface area contributed by atoms with Gasteiger partial charge in [0.15, 0.2) is 0 Å². The monoisotopic (exact) mass is 306 g/mol. The van der Waals surface area contributed by atoms with Crippen molar-refractivity contribution in [3.63, 3.8) is 0 Å². The number of hydrogen-bond donors (Lipinski definition) is 3. The SMILES string of the molecule is CNC(=O)C(C)SCC(NC(=O)OC(C)(C)C)C(=O)O. The molecule has 0 bridgehead atoms. The summed E-state index contributed by atoms with van der Waals surface area (Å²) in [5, 5.41) is 13.4. The van der Waals surface area contributed by atoms with Crippen LogP contribution in [-0.4, -0.2) is 52.8 Å². The van der Waals surface area contributed by atoms with E-state index in [1.165, 1.54) is 7.05 Å². The second-order valence-electron chi connectivity index (χ2n) is 5.13. The van der Waals surface area contributed by atoms with E-state index >= 15 is 0 Å². The number of carboxylic acid groups (broad SMARTS) is 1. The number of rotatable bonds is 6. The Morgan fingerprint density at radius 1 is 1.30 bits per heavy atom. The molecule has 0 radical (unpaired) electrons. The minimum Gasteiger partial charge on any atom is -0.480 e. The molecule has 0 rings (SSSR count). The summed E-state index contributed by atoms with van der Waals surface area (Å²) >= 11 is 1.14. The topological polar surface area (TPSA) is 105 Å². The maximum atomic E-state index is 11.5. The van der Waals surface area contributed by atoms with Gasteiger partial charge in [0.1, 0.15) is 11.6 Å². The molecule has 0 aromatic heterocycles. The van der Waals surface area contributed by atoms with Gasteiger partial charge < -0.3 is 20.5 Å². The first-order valence-electron chi connectivity index (χ1n) is 6.12. The van der Waals surface area contributed by atoms with Crippen LogP contribution in [0.3, 0.4) is 0 Å². The molecule has 0 saturated heterocycles. The van der Waals surface area contributed by atoms with E-state index < -0.39 is 29.0 Å². The van der Waals surface area contributed by atoms with Crippen molar-refractivity contribution in [2.75, 3.05) is 12.8 Å². The molecular weight excluding hydrogens is 284 g/mol. The number of nitrogens with one attached hydrogen (secondary N) is 2. The Kier molecular flexibility index (Phi) is 7.41. The molecule has 0 aliphatic carbocycles. The number of carbonyl (C=O) groups excluding carboxylic acids is 2. The summed E-state index contributed by atoms with van der Waals surface area (Å²) in [6.45, 7) is 6.72. The van der Waals surface area contributed by atoms with Crippen molar-refractivity contribution < 1.29 is 24.2 Å². The first-order chi connectivity index (χ1) is 9.06. The number of ether oxygens (including phenoxy) is 1. The lowest BCUT2D eigenvalue weighted by molar-refractivity contribution is -0.138. The van der Waals surface area contributed by atoms with Gasteiger partial charge in [-0.15, -0.1) is 11.8 Å². The van der Waals surface area contributed by atoms with E-state index in [2.05, 4.69) is 10.6 Å². The molecule has 3 N–H and O–H groups in total.